The highest BCUT2D eigenvalue weighted by Gasteiger charge is 2.13. The second-order valence-electron chi connectivity index (χ2n) is 4.96. The standard InChI is InChI=1S/C13H29N3O/c14-6-1-2-7-15-9-5-10-16(12-11-15)8-3-4-13-17/h17H,1-14H2. The van der Waals surface area contributed by atoms with E-state index in [2.05, 4.69) is 9.80 Å². The highest BCUT2D eigenvalue weighted by atomic mass is 16.2. The second kappa shape index (κ2) is 9.83. The number of rotatable bonds is 8. The fourth-order valence-corrected chi connectivity index (χ4v) is 2.40. The molecule has 0 aliphatic carbocycles. The van der Waals surface area contributed by atoms with Crippen LogP contribution in [0, 0.1) is 0 Å². The third kappa shape index (κ3) is 6.99. The highest BCUT2D eigenvalue weighted by Crippen LogP contribution is 2.05. The second-order valence-corrected chi connectivity index (χ2v) is 4.96. The third-order valence-corrected chi connectivity index (χ3v) is 3.49. The Balaban J connectivity index is 2.11. The van der Waals surface area contributed by atoms with Gasteiger partial charge in [0.2, 0.25) is 0 Å². The molecule has 0 atom stereocenters. The predicted octanol–water partition coefficient (Wildman–Crippen LogP) is 0.506. The molecule has 1 saturated heterocycles. The molecule has 1 aliphatic rings. The minimum absolute atomic E-state index is 0.332. The molecule has 17 heavy (non-hydrogen) atoms. The van der Waals surface area contributed by atoms with Crippen LogP contribution in [0.3, 0.4) is 0 Å². The van der Waals surface area contributed by atoms with E-state index < -0.39 is 0 Å². The lowest BCUT2D eigenvalue weighted by Crippen LogP contribution is -2.32. The van der Waals surface area contributed by atoms with Crippen LogP contribution in [0.2, 0.25) is 0 Å². The Morgan fingerprint density at radius 3 is 1.94 bits per heavy atom. The molecule has 0 aromatic rings. The van der Waals surface area contributed by atoms with Gasteiger partial charge < -0.3 is 20.6 Å². The van der Waals surface area contributed by atoms with Crippen molar-refractivity contribution in [1.29, 1.82) is 0 Å². The summed E-state index contributed by atoms with van der Waals surface area (Å²) < 4.78 is 0. The van der Waals surface area contributed by atoms with Gasteiger partial charge in [-0.3, -0.25) is 0 Å². The molecule has 0 amide bonds. The fourth-order valence-electron chi connectivity index (χ4n) is 2.40. The summed E-state index contributed by atoms with van der Waals surface area (Å²) in [6.07, 6.45) is 5.74. The van der Waals surface area contributed by atoms with E-state index in [0.717, 1.165) is 32.4 Å². The van der Waals surface area contributed by atoms with Gasteiger partial charge in [0.15, 0.2) is 0 Å². The molecule has 102 valence electrons. The maximum atomic E-state index is 8.78. The van der Waals surface area contributed by atoms with Crippen LogP contribution >= 0.6 is 0 Å². The minimum atomic E-state index is 0.332. The molecule has 0 bridgehead atoms. The van der Waals surface area contributed by atoms with Crippen molar-refractivity contribution in [2.24, 2.45) is 5.73 Å². The zero-order chi connectivity index (χ0) is 12.3. The molecule has 0 spiro atoms. The van der Waals surface area contributed by atoms with E-state index in [-0.39, 0.29) is 0 Å². The number of aliphatic hydroxyl groups is 1. The van der Waals surface area contributed by atoms with Crippen molar-refractivity contribution < 1.29 is 5.11 Å². The molecule has 1 fully saturated rings. The number of nitrogens with two attached hydrogens (primary N) is 1. The Morgan fingerprint density at radius 1 is 0.824 bits per heavy atom. The smallest absolute Gasteiger partial charge is 0.0431 e. The highest BCUT2D eigenvalue weighted by molar-refractivity contribution is 4.69. The molecular formula is C13H29N3O. The van der Waals surface area contributed by atoms with Crippen molar-refractivity contribution in [1.82, 2.24) is 9.80 Å². The summed E-state index contributed by atoms with van der Waals surface area (Å²) >= 11 is 0. The van der Waals surface area contributed by atoms with Gasteiger partial charge >= 0.3 is 0 Å². The monoisotopic (exact) mass is 243 g/mol. The number of hydrogen-bond donors (Lipinski definition) is 2. The lowest BCUT2D eigenvalue weighted by atomic mass is 10.3. The van der Waals surface area contributed by atoms with Gasteiger partial charge in [0.1, 0.15) is 0 Å². The molecule has 0 aromatic heterocycles. The van der Waals surface area contributed by atoms with Gasteiger partial charge in [-0.05, 0) is 64.8 Å². The average Bonchev–Trinajstić information content (AvgIpc) is 2.56. The lowest BCUT2D eigenvalue weighted by molar-refractivity contribution is 0.236. The topological polar surface area (TPSA) is 52.7 Å². The van der Waals surface area contributed by atoms with Crippen molar-refractivity contribution in [3.8, 4) is 0 Å². The van der Waals surface area contributed by atoms with Crippen LogP contribution < -0.4 is 5.73 Å². The molecular weight excluding hydrogens is 214 g/mol. The van der Waals surface area contributed by atoms with E-state index in [1.807, 2.05) is 0 Å². The third-order valence-electron chi connectivity index (χ3n) is 3.49. The summed E-state index contributed by atoms with van der Waals surface area (Å²) in [7, 11) is 0. The first-order valence-corrected chi connectivity index (χ1v) is 7.12. The van der Waals surface area contributed by atoms with Crippen LogP contribution in [0.4, 0.5) is 0 Å². The summed E-state index contributed by atoms with van der Waals surface area (Å²) in [5.41, 5.74) is 5.52. The van der Waals surface area contributed by atoms with Crippen LogP contribution in [0.1, 0.15) is 32.1 Å². The molecule has 0 saturated carbocycles. The maximum absolute atomic E-state index is 8.78. The first kappa shape index (κ1) is 14.9. The predicted molar refractivity (Wildman–Crippen MR) is 72.1 cm³/mol. The number of aliphatic hydroxyl groups excluding tert-OH is 1. The summed E-state index contributed by atoms with van der Waals surface area (Å²) in [6.45, 7) is 8.36. The fraction of sp³-hybridized carbons (Fsp3) is 1.00. The summed E-state index contributed by atoms with van der Waals surface area (Å²) in [6, 6.07) is 0. The molecule has 0 radical (unpaired) electrons. The largest absolute Gasteiger partial charge is 0.396 e. The van der Waals surface area contributed by atoms with Gasteiger partial charge in [0.05, 0.1) is 0 Å². The zero-order valence-electron chi connectivity index (χ0n) is 11.1. The first-order chi connectivity index (χ1) is 8.36. The first-order valence-electron chi connectivity index (χ1n) is 7.12. The Morgan fingerprint density at radius 2 is 1.41 bits per heavy atom. The van der Waals surface area contributed by atoms with Gasteiger partial charge in [-0.2, -0.15) is 0 Å². The zero-order valence-corrected chi connectivity index (χ0v) is 11.1. The van der Waals surface area contributed by atoms with Crippen LogP contribution in [-0.2, 0) is 0 Å². The Labute approximate surface area is 106 Å². The van der Waals surface area contributed by atoms with Crippen LogP contribution in [0.15, 0.2) is 0 Å². The molecule has 4 heteroatoms. The van der Waals surface area contributed by atoms with Crippen molar-refractivity contribution in [2.45, 2.75) is 32.1 Å². The Hall–Kier alpha value is -0.160. The molecule has 1 rings (SSSR count). The number of hydrogen-bond acceptors (Lipinski definition) is 4. The van der Waals surface area contributed by atoms with E-state index in [1.165, 1.54) is 45.6 Å². The SMILES string of the molecule is NCCCCN1CCCN(CCCCO)CC1. The van der Waals surface area contributed by atoms with E-state index in [9.17, 15) is 0 Å². The Kier molecular flexibility index (Phi) is 8.61. The van der Waals surface area contributed by atoms with Crippen molar-refractivity contribution >= 4 is 0 Å². The minimum Gasteiger partial charge on any atom is -0.396 e. The molecule has 0 aromatic carbocycles. The summed E-state index contributed by atoms with van der Waals surface area (Å²) in [5, 5.41) is 8.78. The van der Waals surface area contributed by atoms with E-state index in [0.29, 0.717) is 6.61 Å². The van der Waals surface area contributed by atoms with Crippen molar-refractivity contribution in [3.05, 3.63) is 0 Å². The molecule has 1 aliphatic heterocycles. The number of unbranched alkanes of at least 4 members (excludes halogenated alkanes) is 2. The average molecular weight is 243 g/mol. The molecule has 0 unspecified atom stereocenters. The van der Waals surface area contributed by atoms with E-state index in [4.69, 9.17) is 10.8 Å². The van der Waals surface area contributed by atoms with Gasteiger partial charge in [-0.15, -0.1) is 0 Å². The lowest BCUT2D eigenvalue weighted by Gasteiger charge is -2.21. The maximum Gasteiger partial charge on any atom is 0.0431 e. The van der Waals surface area contributed by atoms with Crippen LogP contribution in [-0.4, -0.2) is 67.3 Å². The number of nitrogens with zero attached hydrogens (tertiary/aromatic N) is 2. The van der Waals surface area contributed by atoms with Gasteiger partial charge in [-0.25, -0.2) is 0 Å². The van der Waals surface area contributed by atoms with Crippen molar-refractivity contribution in [3.63, 3.8) is 0 Å². The summed E-state index contributed by atoms with van der Waals surface area (Å²) in [4.78, 5) is 5.11. The van der Waals surface area contributed by atoms with Gasteiger partial charge in [0.25, 0.3) is 0 Å². The van der Waals surface area contributed by atoms with Crippen LogP contribution in [0.25, 0.3) is 0 Å². The van der Waals surface area contributed by atoms with E-state index >= 15 is 0 Å². The molecule has 4 nitrogen and oxygen atoms in total. The quantitative estimate of drug-likeness (QED) is 0.610. The molecule has 1 heterocycles. The summed E-state index contributed by atoms with van der Waals surface area (Å²) in [5.74, 6) is 0. The van der Waals surface area contributed by atoms with Gasteiger partial charge in [0, 0.05) is 19.7 Å². The van der Waals surface area contributed by atoms with Crippen LogP contribution in [0.5, 0.6) is 0 Å². The van der Waals surface area contributed by atoms with E-state index in [1.54, 1.807) is 0 Å². The van der Waals surface area contributed by atoms with Crippen molar-refractivity contribution in [2.75, 3.05) is 52.4 Å². The van der Waals surface area contributed by atoms with Gasteiger partial charge in [-0.1, -0.05) is 0 Å². The normalized spacial score (nSPS) is 19.4. The molecule has 3 N–H and O–H groups in total. The Bertz CT molecular complexity index is 160.